The fourth-order valence-corrected chi connectivity index (χ4v) is 3.61. The van der Waals surface area contributed by atoms with Crippen LogP contribution in [-0.2, 0) is 19.5 Å². The van der Waals surface area contributed by atoms with E-state index in [1.165, 1.54) is 10.4 Å². The van der Waals surface area contributed by atoms with Gasteiger partial charge in [-0.25, -0.2) is 0 Å². The molecule has 0 saturated heterocycles. The average molecular weight is 352 g/mol. The molecule has 0 atom stereocenters. The fourth-order valence-electron chi connectivity index (χ4n) is 2.72. The van der Waals surface area contributed by atoms with Crippen LogP contribution in [0.1, 0.15) is 26.4 Å². The normalized spacial score (nSPS) is 14.0. The molecule has 0 unspecified atom stereocenters. The van der Waals surface area contributed by atoms with Gasteiger partial charge in [0.05, 0.1) is 0 Å². The number of thiophene rings is 1. The van der Waals surface area contributed by atoms with Crippen molar-refractivity contribution in [3.8, 4) is 0 Å². The Morgan fingerprint density at radius 1 is 1.26 bits per heavy atom. The number of hydrogen-bond donors (Lipinski definition) is 2. The lowest BCUT2D eigenvalue weighted by Crippen LogP contribution is -2.37. The van der Waals surface area contributed by atoms with E-state index in [1.54, 1.807) is 0 Å². The standard InChI is InChI=1S/C17H21N3OS.ClH/c18-11-13-1-3-14(4-2-13)17(21)19-7-9-20-8-5-16-15(12-20)6-10-22-16;/h1-4,6,10H,5,7-9,11-12,18H2,(H,19,21);1H. The van der Waals surface area contributed by atoms with Gasteiger partial charge in [-0.05, 0) is 41.1 Å². The number of benzene rings is 1. The summed E-state index contributed by atoms with van der Waals surface area (Å²) in [5.41, 5.74) is 8.73. The number of hydrogen-bond acceptors (Lipinski definition) is 4. The maximum absolute atomic E-state index is 12.1. The van der Waals surface area contributed by atoms with Gasteiger partial charge < -0.3 is 11.1 Å². The van der Waals surface area contributed by atoms with Gasteiger partial charge in [-0.2, -0.15) is 0 Å². The summed E-state index contributed by atoms with van der Waals surface area (Å²) < 4.78 is 0. The Balaban J connectivity index is 0.00000192. The van der Waals surface area contributed by atoms with Gasteiger partial charge in [0.2, 0.25) is 0 Å². The molecule has 1 amide bonds. The van der Waals surface area contributed by atoms with Crippen LogP contribution in [0.15, 0.2) is 35.7 Å². The molecule has 3 rings (SSSR count). The van der Waals surface area contributed by atoms with E-state index in [0.717, 1.165) is 31.6 Å². The molecule has 2 heterocycles. The molecule has 3 N–H and O–H groups in total. The van der Waals surface area contributed by atoms with E-state index >= 15 is 0 Å². The summed E-state index contributed by atoms with van der Waals surface area (Å²) >= 11 is 1.85. The summed E-state index contributed by atoms with van der Waals surface area (Å²) in [6.45, 7) is 4.15. The van der Waals surface area contributed by atoms with Crippen LogP contribution in [0.2, 0.25) is 0 Å². The lowest BCUT2D eigenvalue weighted by molar-refractivity contribution is 0.0947. The van der Waals surface area contributed by atoms with E-state index in [-0.39, 0.29) is 18.3 Å². The Morgan fingerprint density at radius 2 is 2.04 bits per heavy atom. The second kappa shape index (κ2) is 8.45. The van der Waals surface area contributed by atoms with Gasteiger partial charge in [-0.15, -0.1) is 23.7 Å². The summed E-state index contributed by atoms with van der Waals surface area (Å²) in [7, 11) is 0. The first-order valence-electron chi connectivity index (χ1n) is 7.61. The molecule has 23 heavy (non-hydrogen) atoms. The van der Waals surface area contributed by atoms with E-state index in [1.807, 2.05) is 35.6 Å². The van der Waals surface area contributed by atoms with Crippen molar-refractivity contribution in [3.63, 3.8) is 0 Å². The van der Waals surface area contributed by atoms with Crippen molar-refractivity contribution in [1.82, 2.24) is 10.2 Å². The molecule has 1 aromatic carbocycles. The molecule has 6 heteroatoms. The maximum Gasteiger partial charge on any atom is 0.251 e. The number of carbonyl (C=O) groups is 1. The quantitative estimate of drug-likeness (QED) is 0.869. The SMILES string of the molecule is Cl.NCc1ccc(C(=O)NCCN2CCc3sccc3C2)cc1. The molecular formula is C17H22ClN3OS. The Hall–Kier alpha value is -1.40. The highest BCUT2D eigenvalue weighted by molar-refractivity contribution is 7.10. The Kier molecular flexibility index (Phi) is 6.59. The van der Waals surface area contributed by atoms with Crippen molar-refractivity contribution in [2.45, 2.75) is 19.5 Å². The average Bonchev–Trinajstić information content (AvgIpc) is 3.02. The van der Waals surface area contributed by atoms with E-state index < -0.39 is 0 Å². The minimum absolute atomic E-state index is 0. The molecule has 1 aliphatic heterocycles. The number of nitrogens with zero attached hydrogens (tertiary/aromatic N) is 1. The minimum atomic E-state index is -0.0168. The summed E-state index contributed by atoms with van der Waals surface area (Å²) in [5, 5.41) is 5.16. The van der Waals surface area contributed by atoms with Crippen molar-refractivity contribution in [2.75, 3.05) is 19.6 Å². The number of fused-ring (bicyclic) bond motifs is 1. The number of rotatable bonds is 5. The zero-order valence-electron chi connectivity index (χ0n) is 13.0. The largest absolute Gasteiger partial charge is 0.351 e. The molecule has 124 valence electrons. The minimum Gasteiger partial charge on any atom is -0.351 e. The van der Waals surface area contributed by atoms with Crippen LogP contribution in [0.3, 0.4) is 0 Å². The van der Waals surface area contributed by atoms with Crippen molar-refractivity contribution < 1.29 is 4.79 Å². The van der Waals surface area contributed by atoms with Gasteiger partial charge in [0.25, 0.3) is 5.91 Å². The molecule has 0 radical (unpaired) electrons. The highest BCUT2D eigenvalue weighted by Gasteiger charge is 2.16. The first-order chi connectivity index (χ1) is 10.8. The third kappa shape index (κ3) is 4.54. The summed E-state index contributed by atoms with van der Waals surface area (Å²) in [6, 6.07) is 9.67. The number of carbonyl (C=O) groups excluding carboxylic acids is 1. The van der Waals surface area contributed by atoms with E-state index in [4.69, 9.17) is 5.73 Å². The highest BCUT2D eigenvalue weighted by Crippen LogP contribution is 2.23. The van der Waals surface area contributed by atoms with Gasteiger partial charge in [0.15, 0.2) is 0 Å². The summed E-state index contributed by atoms with van der Waals surface area (Å²) in [6.07, 6.45) is 1.13. The lowest BCUT2D eigenvalue weighted by Gasteiger charge is -2.26. The zero-order valence-corrected chi connectivity index (χ0v) is 14.6. The molecule has 0 bridgehead atoms. The van der Waals surface area contributed by atoms with E-state index in [9.17, 15) is 4.79 Å². The molecule has 2 aromatic rings. The van der Waals surface area contributed by atoms with E-state index in [2.05, 4.69) is 21.7 Å². The van der Waals surface area contributed by atoms with Crippen LogP contribution >= 0.6 is 23.7 Å². The maximum atomic E-state index is 12.1. The molecule has 1 aliphatic rings. The second-order valence-electron chi connectivity index (χ2n) is 5.55. The van der Waals surface area contributed by atoms with Crippen LogP contribution in [0.4, 0.5) is 0 Å². The lowest BCUT2D eigenvalue weighted by atomic mass is 10.1. The molecule has 1 aromatic heterocycles. The molecule has 0 spiro atoms. The van der Waals surface area contributed by atoms with Gasteiger partial charge >= 0.3 is 0 Å². The topological polar surface area (TPSA) is 58.4 Å². The van der Waals surface area contributed by atoms with Crippen LogP contribution in [0, 0.1) is 0 Å². The second-order valence-corrected chi connectivity index (χ2v) is 6.55. The molecule has 0 aliphatic carbocycles. The third-order valence-electron chi connectivity index (χ3n) is 4.05. The van der Waals surface area contributed by atoms with Crippen molar-refractivity contribution in [1.29, 1.82) is 0 Å². The Bertz CT molecular complexity index is 642. The van der Waals surface area contributed by atoms with Crippen molar-refractivity contribution in [2.24, 2.45) is 5.73 Å². The van der Waals surface area contributed by atoms with Gasteiger partial charge in [0.1, 0.15) is 0 Å². The number of halogens is 1. The fraction of sp³-hybridized carbons (Fsp3) is 0.353. The third-order valence-corrected chi connectivity index (χ3v) is 5.08. The first-order valence-corrected chi connectivity index (χ1v) is 8.49. The smallest absolute Gasteiger partial charge is 0.251 e. The molecule has 0 fully saturated rings. The molecule has 4 nitrogen and oxygen atoms in total. The highest BCUT2D eigenvalue weighted by atomic mass is 35.5. The summed E-state index contributed by atoms with van der Waals surface area (Å²) in [4.78, 5) is 16.0. The van der Waals surface area contributed by atoms with Crippen molar-refractivity contribution >= 4 is 29.7 Å². The van der Waals surface area contributed by atoms with Gasteiger partial charge in [-0.3, -0.25) is 9.69 Å². The summed E-state index contributed by atoms with van der Waals surface area (Å²) in [5.74, 6) is -0.0168. The van der Waals surface area contributed by atoms with Gasteiger partial charge in [-0.1, -0.05) is 12.1 Å². The Labute approximate surface area is 147 Å². The Morgan fingerprint density at radius 3 is 2.78 bits per heavy atom. The van der Waals surface area contributed by atoms with Crippen molar-refractivity contribution in [3.05, 3.63) is 57.3 Å². The molecule has 0 saturated carbocycles. The van der Waals surface area contributed by atoms with Gasteiger partial charge in [0, 0.05) is 43.2 Å². The van der Waals surface area contributed by atoms with Crippen LogP contribution < -0.4 is 11.1 Å². The van der Waals surface area contributed by atoms with Crippen LogP contribution in [0.25, 0.3) is 0 Å². The number of amides is 1. The van der Waals surface area contributed by atoms with Crippen LogP contribution in [-0.4, -0.2) is 30.4 Å². The number of nitrogens with one attached hydrogen (secondary N) is 1. The number of nitrogens with two attached hydrogens (primary N) is 1. The zero-order chi connectivity index (χ0) is 15.4. The molecular weight excluding hydrogens is 330 g/mol. The first kappa shape index (κ1) is 17.9. The van der Waals surface area contributed by atoms with Crippen LogP contribution in [0.5, 0.6) is 0 Å². The van der Waals surface area contributed by atoms with E-state index in [0.29, 0.717) is 18.7 Å². The monoisotopic (exact) mass is 351 g/mol. The predicted octanol–water partition coefficient (Wildman–Crippen LogP) is 2.42. The predicted molar refractivity (Wildman–Crippen MR) is 97.2 cm³/mol.